The molecule has 9 heteroatoms. The number of fused-ring (bicyclic) bond motifs is 1. The smallest absolute Gasteiger partial charge is 0.169 e. The lowest BCUT2D eigenvalue weighted by Gasteiger charge is -2.27. The maximum absolute atomic E-state index is 13.2. The molecule has 196 valence electrons. The fourth-order valence-corrected chi connectivity index (χ4v) is 5.37. The number of aryl methyl sites for hydroxylation is 1. The number of ketones is 1. The molecule has 0 bridgehead atoms. The molecule has 4 aromatic rings. The summed E-state index contributed by atoms with van der Waals surface area (Å²) in [6.45, 7) is 6.07. The lowest BCUT2D eigenvalue weighted by molar-refractivity contribution is 0.0992. The molecular formula is C29H33N7O2. The molecule has 38 heavy (non-hydrogen) atoms. The average molecular weight is 512 g/mol. The van der Waals surface area contributed by atoms with Crippen LogP contribution >= 0.6 is 0 Å². The van der Waals surface area contributed by atoms with Gasteiger partial charge in [0.15, 0.2) is 5.78 Å². The van der Waals surface area contributed by atoms with Crippen LogP contribution < -0.4 is 4.90 Å². The van der Waals surface area contributed by atoms with E-state index in [9.17, 15) is 4.79 Å². The van der Waals surface area contributed by atoms with Gasteiger partial charge >= 0.3 is 0 Å². The van der Waals surface area contributed by atoms with Gasteiger partial charge in [-0.15, -0.1) is 0 Å². The van der Waals surface area contributed by atoms with Crippen LogP contribution in [-0.2, 0) is 24.8 Å². The predicted octanol–water partition coefficient (Wildman–Crippen LogP) is 3.67. The van der Waals surface area contributed by atoms with Gasteiger partial charge < -0.3 is 9.64 Å². The Kier molecular flexibility index (Phi) is 7.11. The summed E-state index contributed by atoms with van der Waals surface area (Å²) in [5.41, 5.74) is 5.52. The van der Waals surface area contributed by atoms with E-state index in [0.29, 0.717) is 18.8 Å². The summed E-state index contributed by atoms with van der Waals surface area (Å²) in [6, 6.07) is 7.77. The minimum absolute atomic E-state index is 0.0222. The van der Waals surface area contributed by atoms with Gasteiger partial charge in [-0.1, -0.05) is 6.42 Å². The first-order valence-corrected chi connectivity index (χ1v) is 13.4. The highest BCUT2D eigenvalue weighted by molar-refractivity contribution is 5.98. The number of ether oxygens (including phenoxy) is 1. The van der Waals surface area contributed by atoms with E-state index in [1.165, 1.54) is 25.0 Å². The maximum Gasteiger partial charge on any atom is 0.169 e. The van der Waals surface area contributed by atoms with Gasteiger partial charge in [-0.25, -0.2) is 4.98 Å². The molecule has 0 saturated carbocycles. The van der Waals surface area contributed by atoms with E-state index >= 15 is 0 Å². The number of carbonyl (C=O) groups is 1. The fourth-order valence-electron chi connectivity index (χ4n) is 5.37. The Morgan fingerprint density at radius 2 is 1.79 bits per heavy atom. The van der Waals surface area contributed by atoms with E-state index in [1.54, 1.807) is 18.5 Å². The number of aromatic nitrogens is 5. The zero-order valence-electron chi connectivity index (χ0n) is 21.8. The summed E-state index contributed by atoms with van der Waals surface area (Å²) < 4.78 is 7.41. The number of pyridine rings is 3. The SMILES string of the molecule is Cn1ncc(-c2cnc3cnc(CC(=O)c4ccnc(N5CCOCC5)c4)cc3c2)c1CN1CCCCC1. The Morgan fingerprint density at radius 1 is 0.947 bits per heavy atom. The second-order valence-electron chi connectivity index (χ2n) is 10.2. The molecule has 0 amide bonds. The first kappa shape index (κ1) is 24.6. The molecule has 0 aliphatic carbocycles. The lowest BCUT2D eigenvalue weighted by Crippen LogP contribution is -2.36. The third-order valence-corrected chi connectivity index (χ3v) is 7.56. The third kappa shape index (κ3) is 5.30. The van der Waals surface area contributed by atoms with Crippen molar-refractivity contribution in [1.29, 1.82) is 0 Å². The minimum atomic E-state index is 0.0222. The highest BCUT2D eigenvalue weighted by Gasteiger charge is 2.18. The number of nitrogens with zero attached hydrogens (tertiary/aromatic N) is 7. The van der Waals surface area contributed by atoms with Crippen LogP contribution in [0.5, 0.6) is 0 Å². The summed E-state index contributed by atoms with van der Waals surface area (Å²) in [6.07, 6.45) is 11.3. The lowest BCUT2D eigenvalue weighted by atomic mass is 10.0. The van der Waals surface area contributed by atoms with Crippen LogP contribution in [0.2, 0.25) is 0 Å². The Labute approximate surface area is 222 Å². The second-order valence-corrected chi connectivity index (χ2v) is 10.2. The van der Waals surface area contributed by atoms with Crippen LogP contribution in [0.1, 0.15) is 41.0 Å². The highest BCUT2D eigenvalue weighted by Crippen LogP contribution is 2.28. The van der Waals surface area contributed by atoms with Crippen molar-refractivity contribution < 1.29 is 9.53 Å². The Morgan fingerprint density at radius 3 is 2.63 bits per heavy atom. The van der Waals surface area contributed by atoms with Gasteiger partial charge in [0.05, 0.1) is 43.2 Å². The Balaban J connectivity index is 1.22. The number of anilines is 1. The van der Waals surface area contributed by atoms with Gasteiger partial charge in [0, 0.05) is 66.8 Å². The van der Waals surface area contributed by atoms with Gasteiger partial charge in [0.25, 0.3) is 0 Å². The summed E-state index contributed by atoms with van der Waals surface area (Å²) in [4.78, 5) is 31.5. The van der Waals surface area contributed by atoms with Crippen LogP contribution in [0.3, 0.4) is 0 Å². The van der Waals surface area contributed by atoms with Gasteiger partial charge in [-0.05, 0) is 50.2 Å². The minimum Gasteiger partial charge on any atom is -0.378 e. The van der Waals surface area contributed by atoms with Crippen molar-refractivity contribution in [3.05, 3.63) is 66.0 Å². The molecule has 2 fully saturated rings. The first-order valence-electron chi connectivity index (χ1n) is 13.4. The molecule has 0 unspecified atom stereocenters. The molecule has 0 atom stereocenters. The Hall–Kier alpha value is -3.69. The van der Waals surface area contributed by atoms with Crippen LogP contribution in [0.25, 0.3) is 22.0 Å². The number of morpholine rings is 1. The summed E-state index contributed by atoms with van der Waals surface area (Å²) in [7, 11) is 2.01. The topological polar surface area (TPSA) is 89.3 Å². The molecule has 0 spiro atoms. The van der Waals surface area contributed by atoms with E-state index in [1.807, 2.05) is 36.3 Å². The van der Waals surface area contributed by atoms with E-state index in [-0.39, 0.29) is 12.2 Å². The third-order valence-electron chi connectivity index (χ3n) is 7.56. The van der Waals surface area contributed by atoms with Crippen LogP contribution in [-0.4, -0.2) is 74.8 Å². The van der Waals surface area contributed by atoms with Crippen molar-refractivity contribution in [2.75, 3.05) is 44.3 Å². The van der Waals surface area contributed by atoms with Crippen molar-refractivity contribution in [1.82, 2.24) is 29.6 Å². The Bertz CT molecular complexity index is 1440. The van der Waals surface area contributed by atoms with Crippen molar-refractivity contribution in [2.45, 2.75) is 32.2 Å². The van der Waals surface area contributed by atoms with Crippen LogP contribution in [0, 0.1) is 0 Å². The normalized spacial score (nSPS) is 16.7. The molecule has 0 aromatic carbocycles. The van der Waals surface area contributed by atoms with Crippen LogP contribution in [0.15, 0.2) is 49.1 Å². The van der Waals surface area contributed by atoms with Crippen LogP contribution in [0.4, 0.5) is 5.82 Å². The zero-order chi connectivity index (χ0) is 25.9. The fraction of sp³-hybridized carbons (Fsp3) is 0.414. The molecule has 2 aliphatic rings. The molecule has 4 aromatic heterocycles. The van der Waals surface area contributed by atoms with Gasteiger partial charge in [-0.3, -0.25) is 24.3 Å². The highest BCUT2D eigenvalue weighted by atomic mass is 16.5. The molecule has 9 nitrogen and oxygen atoms in total. The molecular weight excluding hydrogens is 478 g/mol. The zero-order valence-corrected chi connectivity index (χ0v) is 21.8. The molecule has 2 saturated heterocycles. The number of carbonyl (C=O) groups excluding carboxylic acids is 1. The summed E-state index contributed by atoms with van der Waals surface area (Å²) in [5.74, 6) is 0.838. The molecule has 6 rings (SSSR count). The molecule has 0 radical (unpaired) electrons. The number of likely N-dealkylation sites (tertiary alicyclic amines) is 1. The summed E-state index contributed by atoms with van der Waals surface area (Å²) in [5, 5.41) is 5.53. The van der Waals surface area contributed by atoms with Gasteiger partial charge in [0.1, 0.15) is 5.82 Å². The van der Waals surface area contributed by atoms with E-state index in [2.05, 4.69) is 35.9 Å². The van der Waals surface area contributed by atoms with Crippen molar-refractivity contribution >= 4 is 22.5 Å². The molecule has 2 aliphatic heterocycles. The maximum atomic E-state index is 13.2. The largest absolute Gasteiger partial charge is 0.378 e. The number of rotatable bonds is 7. The predicted molar refractivity (Wildman–Crippen MR) is 146 cm³/mol. The standard InChI is InChI=1S/C29H33N7O2/c1-34-27(20-35-7-3-2-4-8-35)25(18-33-34)23-13-22-14-24(31-19-26(22)32-17-23)16-28(37)21-5-6-30-29(15-21)36-9-11-38-12-10-36/h5-6,13-15,17-19H,2-4,7-12,16,20H2,1H3. The molecule has 0 N–H and O–H groups in total. The van der Waals surface area contributed by atoms with Crippen molar-refractivity contribution in [3.63, 3.8) is 0 Å². The van der Waals surface area contributed by atoms with E-state index in [4.69, 9.17) is 4.74 Å². The van der Waals surface area contributed by atoms with E-state index < -0.39 is 0 Å². The van der Waals surface area contributed by atoms with Gasteiger partial charge in [-0.2, -0.15) is 5.10 Å². The van der Waals surface area contributed by atoms with Crippen molar-refractivity contribution in [2.24, 2.45) is 7.05 Å². The van der Waals surface area contributed by atoms with E-state index in [0.717, 1.165) is 66.3 Å². The first-order chi connectivity index (χ1) is 18.6. The second kappa shape index (κ2) is 11.0. The number of hydrogen-bond donors (Lipinski definition) is 0. The van der Waals surface area contributed by atoms with Crippen molar-refractivity contribution in [3.8, 4) is 11.1 Å². The number of hydrogen-bond acceptors (Lipinski definition) is 8. The number of Topliss-reactive ketones (excluding diaryl/α,β-unsaturated/α-hetero) is 1. The van der Waals surface area contributed by atoms with Gasteiger partial charge in [0.2, 0.25) is 0 Å². The monoisotopic (exact) mass is 511 g/mol. The molecule has 6 heterocycles. The quantitative estimate of drug-likeness (QED) is 0.347. The number of piperidine rings is 1. The summed E-state index contributed by atoms with van der Waals surface area (Å²) >= 11 is 0. The average Bonchev–Trinajstić information content (AvgIpc) is 3.33.